The summed E-state index contributed by atoms with van der Waals surface area (Å²) in [6.07, 6.45) is -0.431. The molecule has 3 nitrogen and oxygen atoms in total. The van der Waals surface area contributed by atoms with E-state index in [1.807, 2.05) is 0 Å². The minimum Gasteiger partial charge on any atom is -0.433 e. The summed E-state index contributed by atoms with van der Waals surface area (Å²) in [4.78, 5) is 10.7. The summed E-state index contributed by atoms with van der Waals surface area (Å²) in [5.74, 6) is 0.564. The smallest absolute Gasteiger partial charge is 0.433 e. The average molecular weight is 235 g/mol. The third-order valence-electron chi connectivity index (χ3n) is 0.857. The Morgan fingerprint density at radius 3 is 2.50 bits per heavy atom. The number of rotatable bonds is 5. The van der Waals surface area contributed by atoms with Crippen LogP contribution in [0.25, 0.3) is 0 Å². The molecule has 0 heterocycles. The Labute approximate surface area is 85.9 Å². The molecule has 6 heteroatoms. The minimum atomic E-state index is -0.819. The van der Waals surface area contributed by atoms with E-state index in [-0.39, 0.29) is 12.5 Å². The summed E-state index contributed by atoms with van der Waals surface area (Å²) in [7, 11) is 0. The molecule has 0 aliphatic rings. The standard InChI is InChI=1S/C6H9Cl3O3/c7-2-1-5(9)12-6(10)11-4-3-8/h5H,1-4H2. The number of ether oxygens (including phenoxy) is 2. The Balaban J connectivity index is 3.40. The molecule has 1 unspecified atom stereocenters. The van der Waals surface area contributed by atoms with Gasteiger partial charge in [0.1, 0.15) is 6.61 Å². The largest absolute Gasteiger partial charge is 0.509 e. The van der Waals surface area contributed by atoms with Crippen molar-refractivity contribution in [3.63, 3.8) is 0 Å². The second-order valence-electron chi connectivity index (χ2n) is 1.79. The van der Waals surface area contributed by atoms with Crippen molar-refractivity contribution in [1.82, 2.24) is 0 Å². The van der Waals surface area contributed by atoms with E-state index < -0.39 is 11.7 Å². The Morgan fingerprint density at radius 1 is 1.33 bits per heavy atom. The molecule has 12 heavy (non-hydrogen) atoms. The van der Waals surface area contributed by atoms with E-state index >= 15 is 0 Å². The van der Waals surface area contributed by atoms with Gasteiger partial charge in [0.05, 0.1) is 5.88 Å². The maximum absolute atomic E-state index is 10.7. The zero-order chi connectivity index (χ0) is 9.40. The lowest BCUT2D eigenvalue weighted by Gasteiger charge is -2.08. The minimum absolute atomic E-state index is 0.116. The van der Waals surface area contributed by atoms with Crippen LogP contribution in [0.1, 0.15) is 6.42 Å². The first-order valence-corrected chi connectivity index (χ1v) is 4.80. The molecule has 0 saturated carbocycles. The van der Waals surface area contributed by atoms with Crippen molar-refractivity contribution in [3.05, 3.63) is 0 Å². The summed E-state index contributed by atoms with van der Waals surface area (Å²) in [6, 6.07) is 0. The van der Waals surface area contributed by atoms with Gasteiger partial charge in [-0.05, 0) is 0 Å². The first-order valence-electron chi connectivity index (χ1n) is 3.30. The molecule has 0 bridgehead atoms. The number of halogens is 3. The van der Waals surface area contributed by atoms with E-state index in [0.29, 0.717) is 12.3 Å². The molecular weight excluding hydrogens is 226 g/mol. The molecule has 0 aromatic carbocycles. The highest BCUT2D eigenvalue weighted by atomic mass is 35.5. The molecule has 0 saturated heterocycles. The summed E-state index contributed by atoms with van der Waals surface area (Å²) >= 11 is 16.1. The first-order chi connectivity index (χ1) is 5.70. The monoisotopic (exact) mass is 234 g/mol. The lowest BCUT2D eigenvalue weighted by molar-refractivity contribution is 0.0492. The van der Waals surface area contributed by atoms with Crippen LogP contribution in [0.2, 0.25) is 0 Å². The van der Waals surface area contributed by atoms with Crippen LogP contribution in [-0.4, -0.2) is 30.1 Å². The van der Waals surface area contributed by atoms with Gasteiger partial charge in [-0.3, -0.25) is 0 Å². The van der Waals surface area contributed by atoms with E-state index in [2.05, 4.69) is 9.47 Å². The summed E-state index contributed by atoms with van der Waals surface area (Å²) in [6.45, 7) is 0.116. The highest BCUT2D eigenvalue weighted by Gasteiger charge is 2.10. The van der Waals surface area contributed by atoms with Gasteiger partial charge in [-0.2, -0.15) is 0 Å². The molecule has 0 fully saturated rings. The lowest BCUT2D eigenvalue weighted by Crippen LogP contribution is -2.15. The third kappa shape index (κ3) is 6.83. The van der Waals surface area contributed by atoms with Crippen molar-refractivity contribution in [2.75, 3.05) is 18.4 Å². The maximum Gasteiger partial charge on any atom is 0.509 e. The predicted octanol–water partition coefficient (Wildman–Crippen LogP) is 2.57. The number of hydrogen-bond donors (Lipinski definition) is 0. The van der Waals surface area contributed by atoms with Gasteiger partial charge in [0.2, 0.25) is 0 Å². The molecule has 0 aromatic rings. The molecule has 0 aromatic heterocycles. The van der Waals surface area contributed by atoms with Gasteiger partial charge >= 0.3 is 6.16 Å². The van der Waals surface area contributed by atoms with Crippen LogP contribution in [0.4, 0.5) is 4.79 Å². The Hall–Kier alpha value is 0.140. The topological polar surface area (TPSA) is 35.5 Å². The van der Waals surface area contributed by atoms with E-state index in [4.69, 9.17) is 34.8 Å². The van der Waals surface area contributed by atoms with Gasteiger partial charge in [0.15, 0.2) is 5.56 Å². The van der Waals surface area contributed by atoms with Crippen LogP contribution in [-0.2, 0) is 9.47 Å². The average Bonchev–Trinajstić information content (AvgIpc) is 2.01. The fourth-order valence-electron chi connectivity index (χ4n) is 0.405. The number of carbonyl (C=O) groups is 1. The van der Waals surface area contributed by atoms with E-state index in [1.165, 1.54) is 0 Å². The van der Waals surface area contributed by atoms with E-state index in [1.54, 1.807) is 0 Å². The normalized spacial score (nSPS) is 12.2. The molecule has 1 atom stereocenters. The molecular formula is C6H9Cl3O3. The second kappa shape index (κ2) is 7.77. The van der Waals surface area contributed by atoms with Crippen molar-refractivity contribution >= 4 is 41.0 Å². The molecule has 0 aliphatic carbocycles. The predicted molar refractivity (Wildman–Crippen MR) is 48.1 cm³/mol. The van der Waals surface area contributed by atoms with Gasteiger partial charge in [-0.15, -0.1) is 23.2 Å². The SMILES string of the molecule is O=C(OCCCl)OC(Cl)CCCl. The molecule has 0 aliphatic heterocycles. The van der Waals surface area contributed by atoms with E-state index in [9.17, 15) is 4.79 Å². The van der Waals surface area contributed by atoms with Crippen LogP contribution >= 0.6 is 34.8 Å². The molecule has 0 rings (SSSR count). The lowest BCUT2D eigenvalue weighted by atomic mass is 10.5. The Bertz CT molecular complexity index is 131. The number of alkyl halides is 3. The van der Waals surface area contributed by atoms with Gasteiger partial charge in [0.25, 0.3) is 0 Å². The quantitative estimate of drug-likeness (QED) is 0.543. The van der Waals surface area contributed by atoms with Gasteiger partial charge < -0.3 is 9.47 Å². The van der Waals surface area contributed by atoms with Gasteiger partial charge in [-0.25, -0.2) is 4.79 Å². The molecule has 0 radical (unpaired) electrons. The highest BCUT2D eigenvalue weighted by Crippen LogP contribution is 2.06. The first kappa shape index (κ1) is 12.1. The fourth-order valence-corrected chi connectivity index (χ4v) is 0.974. The van der Waals surface area contributed by atoms with Crippen LogP contribution in [0, 0.1) is 0 Å². The van der Waals surface area contributed by atoms with Crippen LogP contribution in [0.3, 0.4) is 0 Å². The molecule has 72 valence electrons. The molecule has 0 N–H and O–H groups in total. The highest BCUT2D eigenvalue weighted by molar-refractivity contribution is 6.22. The second-order valence-corrected chi connectivity index (χ2v) is 3.04. The van der Waals surface area contributed by atoms with Crippen molar-refractivity contribution in [3.8, 4) is 0 Å². The maximum atomic E-state index is 10.7. The zero-order valence-corrected chi connectivity index (χ0v) is 8.53. The third-order valence-corrected chi connectivity index (χ3v) is 1.54. The van der Waals surface area contributed by atoms with E-state index in [0.717, 1.165) is 0 Å². The van der Waals surface area contributed by atoms with Crippen LogP contribution in [0.5, 0.6) is 0 Å². The Morgan fingerprint density at radius 2 is 2.00 bits per heavy atom. The van der Waals surface area contributed by atoms with Crippen molar-refractivity contribution in [2.24, 2.45) is 0 Å². The molecule has 0 spiro atoms. The fraction of sp³-hybridized carbons (Fsp3) is 0.833. The Kier molecular flexibility index (Phi) is 7.86. The van der Waals surface area contributed by atoms with Gasteiger partial charge in [-0.1, -0.05) is 11.6 Å². The van der Waals surface area contributed by atoms with Crippen LogP contribution < -0.4 is 0 Å². The molecule has 0 amide bonds. The summed E-state index contributed by atoms with van der Waals surface area (Å²) in [5.41, 5.74) is -0.731. The number of carbonyl (C=O) groups excluding carboxylic acids is 1. The summed E-state index contributed by atoms with van der Waals surface area (Å²) in [5, 5.41) is 0. The van der Waals surface area contributed by atoms with Crippen molar-refractivity contribution < 1.29 is 14.3 Å². The number of hydrogen-bond acceptors (Lipinski definition) is 3. The van der Waals surface area contributed by atoms with Gasteiger partial charge in [0, 0.05) is 12.3 Å². The summed E-state index contributed by atoms with van der Waals surface area (Å²) < 4.78 is 9.04. The zero-order valence-electron chi connectivity index (χ0n) is 6.26. The van der Waals surface area contributed by atoms with Crippen molar-refractivity contribution in [1.29, 1.82) is 0 Å². The van der Waals surface area contributed by atoms with Crippen LogP contribution in [0.15, 0.2) is 0 Å². The van der Waals surface area contributed by atoms with Crippen molar-refractivity contribution in [2.45, 2.75) is 12.0 Å².